The summed E-state index contributed by atoms with van der Waals surface area (Å²) in [6, 6.07) is 4.08. The summed E-state index contributed by atoms with van der Waals surface area (Å²) in [7, 11) is 3.29. The van der Waals surface area contributed by atoms with Crippen LogP contribution in [0.15, 0.2) is 24.3 Å². The highest BCUT2D eigenvalue weighted by molar-refractivity contribution is 5.92. The van der Waals surface area contributed by atoms with Gasteiger partial charge in [-0.25, -0.2) is 4.79 Å². The Hall–Kier alpha value is -4.00. The van der Waals surface area contributed by atoms with Crippen molar-refractivity contribution < 1.29 is 38.2 Å². The molecule has 4 N–H and O–H groups in total. The Kier molecular flexibility index (Phi) is 17.8. The Morgan fingerprint density at radius 2 is 1.63 bits per heavy atom. The highest BCUT2D eigenvalue weighted by atomic mass is 16.5. The van der Waals surface area contributed by atoms with Gasteiger partial charge in [-0.1, -0.05) is 46.8 Å². The molecule has 4 unspecified atom stereocenters. The van der Waals surface area contributed by atoms with Gasteiger partial charge in [0.05, 0.1) is 25.6 Å². The smallest absolute Gasteiger partial charge is 0.328 e. The van der Waals surface area contributed by atoms with Gasteiger partial charge in [0.15, 0.2) is 0 Å². The lowest BCUT2D eigenvalue weighted by Gasteiger charge is -2.30. The van der Waals surface area contributed by atoms with Crippen LogP contribution in [0, 0.1) is 11.8 Å². The number of methoxy groups -OCH3 is 1. The SMILES string of the molecule is CC[C@H](CCC(=O)NC(C=O)C(C)C)NC(=O)CCOC(=O)C(Cc1ccc(OC)cc1)NC(=O)C1CCCN1C(=O)C(CC(C)C)NC. The summed E-state index contributed by atoms with van der Waals surface area (Å²) in [5.41, 5.74) is 0.759. The Bertz CT molecular complexity index is 1240. The average Bonchev–Trinajstić information content (AvgIpc) is 3.57. The van der Waals surface area contributed by atoms with Crippen molar-refractivity contribution in [3.63, 3.8) is 0 Å². The lowest BCUT2D eigenvalue weighted by Crippen LogP contribution is -2.55. The van der Waals surface area contributed by atoms with Crippen molar-refractivity contribution in [2.45, 2.75) is 116 Å². The largest absolute Gasteiger partial charge is 0.497 e. The van der Waals surface area contributed by atoms with E-state index in [1.54, 1.807) is 43.3 Å². The highest BCUT2D eigenvalue weighted by Crippen LogP contribution is 2.21. The standard InChI is InChI=1S/C36H57N5O8/c1-8-26(13-16-32(43)39-30(22-42)24(4)5)38-33(44)17-19-49-36(47)29(21-25-11-14-27(48-7)15-12-25)40-34(45)31-10-9-18-41(31)35(46)28(37-6)20-23(2)3/h11-12,14-15,22-24,26,28-31,37H,8-10,13,16-21H2,1-7H3,(H,38,44)(H,39,43)(H,40,45)/t26-,28?,29?,30?,31?/m1/s1. The molecule has 0 bridgehead atoms. The number of nitrogens with one attached hydrogen (secondary N) is 4. The van der Waals surface area contributed by atoms with Crippen molar-refractivity contribution in [2.24, 2.45) is 11.8 Å². The molecule has 13 nitrogen and oxygen atoms in total. The molecular weight excluding hydrogens is 630 g/mol. The van der Waals surface area contributed by atoms with Crippen LogP contribution < -0.4 is 26.0 Å². The van der Waals surface area contributed by atoms with Crippen LogP contribution in [-0.4, -0.2) is 98.3 Å². The third-order valence-corrected chi connectivity index (χ3v) is 8.74. The van der Waals surface area contributed by atoms with Gasteiger partial charge in [0.2, 0.25) is 23.6 Å². The third-order valence-electron chi connectivity index (χ3n) is 8.74. The summed E-state index contributed by atoms with van der Waals surface area (Å²) in [5, 5.41) is 11.5. The number of carbonyl (C=O) groups is 6. The van der Waals surface area contributed by atoms with E-state index in [4.69, 9.17) is 9.47 Å². The fourth-order valence-electron chi connectivity index (χ4n) is 5.72. The van der Waals surface area contributed by atoms with Crippen molar-refractivity contribution >= 4 is 35.9 Å². The number of carbonyl (C=O) groups excluding carboxylic acids is 6. The minimum atomic E-state index is -1.06. The number of aldehydes is 1. The number of rotatable bonds is 21. The second-order valence-corrected chi connectivity index (χ2v) is 13.4. The van der Waals surface area contributed by atoms with Crippen molar-refractivity contribution in [2.75, 3.05) is 27.3 Å². The van der Waals surface area contributed by atoms with Crippen LogP contribution in [-0.2, 0) is 39.9 Å². The van der Waals surface area contributed by atoms with Crippen LogP contribution in [0.2, 0.25) is 0 Å². The summed E-state index contributed by atoms with van der Waals surface area (Å²) in [6.07, 6.45) is 3.66. The number of amides is 4. The molecule has 1 aromatic rings. The second kappa shape index (κ2) is 21.2. The molecule has 274 valence electrons. The molecule has 1 fully saturated rings. The van der Waals surface area contributed by atoms with Crippen LogP contribution >= 0.6 is 0 Å². The summed E-state index contributed by atoms with van der Waals surface area (Å²) >= 11 is 0. The Labute approximate surface area is 291 Å². The van der Waals surface area contributed by atoms with Crippen LogP contribution in [0.25, 0.3) is 0 Å². The van der Waals surface area contributed by atoms with Crippen LogP contribution in [0.1, 0.15) is 85.1 Å². The molecule has 49 heavy (non-hydrogen) atoms. The third kappa shape index (κ3) is 13.8. The minimum absolute atomic E-state index is 0.0257. The molecule has 1 aromatic carbocycles. The maximum atomic E-state index is 13.6. The van der Waals surface area contributed by atoms with E-state index in [2.05, 4.69) is 21.3 Å². The van der Waals surface area contributed by atoms with Gasteiger partial charge in [-0.2, -0.15) is 0 Å². The number of benzene rings is 1. The van der Waals surface area contributed by atoms with E-state index in [0.29, 0.717) is 50.7 Å². The number of likely N-dealkylation sites (tertiary alicyclic amines) is 1. The van der Waals surface area contributed by atoms with Crippen LogP contribution in [0.4, 0.5) is 0 Å². The molecular formula is C36H57N5O8. The molecule has 0 saturated carbocycles. The molecule has 0 aliphatic carbocycles. The Balaban J connectivity index is 2.02. The maximum absolute atomic E-state index is 13.6. The molecule has 13 heteroatoms. The van der Waals surface area contributed by atoms with Gasteiger partial charge in [-0.3, -0.25) is 19.2 Å². The summed E-state index contributed by atoms with van der Waals surface area (Å²) in [4.78, 5) is 78.1. The van der Waals surface area contributed by atoms with Gasteiger partial charge in [0, 0.05) is 25.4 Å². The first-order valence-electron chi connectivity index (χ1n) is 17.4. The molecule has 1 saturated heterocycles. The maximum Gasteiger partial charge on any atom is 0.328 e. The number of nitrogens with zero attached hydrogens (tertiary/aromatic N) is 1. The molecule has 1 heterocycles. The number of likely N-dealkylation sites (N-methyl/N-ethyl adjacent to an activating group) is 1. The topological polar surface area (TPSA) is 172 Å². The summed E-state index contributed by atoms with van der Waals surface area (Å²) in [5.74, 6) is -0.966. The molecule has 0 aromatic heterocycles. The lowest BCUT2D eigenvalue weighted by molar-refractivity contribution is -0.149. The summed E-state index contributed by atoms with van der Waals surface area (Å²) < 4.78 is 10.7. The van der Waals surface area contributed by atoms with E-state index < -0.39 is 36.0 Å². The fraction of sp³-hybridized carbons (Fsp3) is 0.667. The molecule has 5 atom stereocenters. The van der Waals surface area contributed by atoms with Gasteiger partial charge in [-0.15, -0.1) is 0 Å². The zero-order valence-electron chi connectivity index (χ0n) is 30.2. The van der Waals surface area contributed by atoms with Gasteiger partial charge in [0.1, 0.15) is 30.7 Å². The van der Waals surface area contributed by atoms with E-state index in [9.17, 15) is 28.8 Å². The number of hydrogen-bond acceptors (Lipinski definition) is 9. The zero-order valence-corrected chi connectivity index (χ0v) is 30.2. The van der Waals surface area contributed by atoms with E-state index in [0.717, 1.165) is 5.56 Å². The number of hydrogen-bond donors (Lipinski definition) is 4. The van der Waals surface area contributed by atoms with Crippen LogP contribution in [0.5, 0.6) is 5.75 Å². The van der Waals surface area contributed by atoms with E-state index >= 15 is 0 Å². The Morgan fingerprint density at radius 1 is 0.959 bits per heavy atom. The molecule has 0 radical (unpaired) electrons. The van der Waals surface area contributed by atoms with Gasteiger partial charge in [0.25, 0.3) is 0 Å². The van der Waals surface area contributed by atoms with Crippen LogP contribution in [0.3, 0.4) is 0 Å². The molecule has 1 aliphatic heterocycles. The molecule has 4 amide bonds. The minimum Gasteiger partial charge on any atom is -0.497 e. The van der Waals surface area contributed by atoms with Crippen molar-refractivity contribution in [3.05, 3.63) is 29.8 Å². The first-order valence-corrected chi connectivity index (χ1v) is 17.4. The zero-order chi connectivity index (χ0) is 36.5. The average molecular weight is 688 g/mol. The quantitative estimate of drug-likeness (QED) is 0.112. The van der Waals surface area contributed by atoms with Crippen molar-refractivity contribution in [3.8, 4) is 5.75 Å². The van der Waals surface area contributed by atoms with Gasteiger partial charge in [-0.05, 0) is 68.7 Å². The van der Waals surface area contributed by atoms with Crippen molar-refractivity contribution in [1.29, 1.82) is 0 Å². The van der Waals surface area contributed by atoms with Gasteiger partial charge < -0.3 is 40.4 Å². The number of esters is 1. The predicted octanol–water partition coefficient (Wildman–Crippen LogP) is 2.30. The molecule has 2 rings (SSSR count). The molecule has 1 aliphatic rings. The predicted molar refractivity (Wildman–Crippen MR) is 186 cm³/mol. The van der Waals surface area contributed by atoms with Crippen molar-refractivity contribution in [1.82, 2.24) is 26.2 Å². The van der Waals surface area contributed by atoms with E-state index in [-0.39, 0.29) is 61.5 Å². The van der Waals surface area contributed by atoms with Gasteiger partial charge >= 0.3 is 5.97 Å². The van der Waals surface area contributed by atoms with E-state index in [1.165, 1.54) is 0 Å². The first-order chi connectivity index (χ1) is 23.3. The fourth-order valence-corrected chi connectivity index (χ4v) is 5.72. The number of ether oxygens (including phenoxy) is 2. The van der Waals surface area contributed by atoms with E-state index in [1.807, 2.05) is 34.6 Å². The highest BCUT2D eigenvalue weighted by Gasteiger charge is 2.38. The monoisotopic (exact) mass is 687 g/mol. The normalized spacial score (nSPS) is 16.8. The summed E-state index contributed by atoms with van der Waals surface area (Å²) in [6.45, 7) is 9.89. The lowest BCUT2D eigenvalue weighted by atomic mass is 10.0. The second-order valence-electron chi connectivity index (χ2n) is 13.4. The molecule has 0 spiro atoms. The first kappa shape index (κ1) is 41.2. The Morgan fingerprint density at radius 3 is 2.20 bits per heavy atom.